The Morgan fingerprint density at radius 2 is 2.67 bits per heavy atom. The fraction of sp³-hybridized carbons (Fsp3) is 1.00. The van der Waals surface area contributed by atoms with Crippen molar-refractivity contribution in [3.05, 3.63) is 10.1 Å². The molecule has 1 aliphatic rings. The summed E-state index contributed by atoms with van der Waals surface area (Å²) >= 11 is 0. The van der Waals surface area contributed by atoms with E-state index in [9.17, 15) is 10.1 Å². The van der Waals surface area contributed by atoms with Crippen LogP contribution in [0.4, 0.5) is 0 Å². The number of rotatable bonds is 2. The third-order valence-electron chi connectivity index (χ3n) is 1.11. The molecular formula is C4H8N2O3. The van der Waals surface area contributed by atoms with Crippen LogP contribution in [0.5, 0.6) is 0 Å². The molecule has 5 heteroatoms. The minimum absolute atomic E-state index is 0.139. The first kappa shape index (κ1) is 6.44. The van der Waals surface area contributed by atoms with Crippen LogP contribution in [0.1, 0.15) is 0 Å². The molecule has 0 aliphatic carbocycles. The lowest BCUT2D eigenvalue weighted by Crippen LogP contribution is -2.30. The van der Waals surface area contributed by atoms with Crippen LogP contribution in [-0.2, 0) is 4.74 Å². The second-order valence-corrected chi connectivity index (χ2v) is 1.83. The highest BCUT2D eigenvalue weighted by atomic mass is 16.6. The van der Waals surface area contributed by atoms with Gasteiger partial charge in [-0.1, -0.05) is 0 Å². The zero-order valence-corrected chi connectivity index (χ0v) is 4.87. The van der Waals surface area contributed by atoms with E-state index in [1.165, 1.54) is 0 Å². The Morgan fingerprint density at radius 3 is 3.11 bits per heavy atom. The van der Waals surface area contributed by atoms with Gasteiger partial charge in [-0.05, 0) is 0 Å². The molecule has 0 spiro atoms. The smallest absolute Gasteiger partial charge is 0.242 e. The van der Waals surface area contributed by atoms with Crippen molar-refractivity contribution in [1.82, 2.24) is 5.32 Å². The normalized spacial score (nSPS) is 26.4. The SMILES string of the molecule is O=[N+]([O-])CC1NCCO1. The largest absolute Gasteiger partial charge is 0.355 e. The van der Waals surface area contributed by atoms with E-state index in [1.807, 2.05) is 0 Å². The van der Waals surface area contributed by atoms with Crippen LogP contribution in [0.15, 0.2) is 0 Å². The minimum Gasteiger partial charge on any atom is -0.355 e. The summed E-state index contributed by atoms with van der Waals surface area (Å²) in [5.74, 6) is 0. The fourth-order valence-corrected chi connectivity index (χ4v) is 0.733. The summed E-state index contributed by atoms with van der Waals surface area (Å²) in [7, 11) is 0. The lowest BCUT2D eigenvalue weighted by molar-refractivity contribution is -0.491. The second-order valence-electron chi connectivity index (χ2n) is 1.83. The van der Waals surface area contributed by atoms with Gasteiger partial charge in [0.25, 0.3) is 0 Å². The number of nitro groups is 1. The van der Waals surface area contributed by atoms with E-state index in [-0.39, 0.29) is 17.7 Å². The topological polar surface area (TPSA) is 64.4 Å². The third kappa shape index (κ3) is 1.95. The second kappa shape index (κ2) is 2.75. The molecule has 1 fully saturated rings. The van der Waals surface area contributed by atoms with Gasteiger partial charge in [-0.25, -0.2) is 0 Å². The van der Waals surface area contributed by atoms with Crippen molar-refractivity contribution in [3.8, 4) is 0 Å². The summed E-state index contributed by atoms with van der Waals surface area (Å²) in [6.07, 6.45) is -0.361. The van der Waals surface area contributed by atoms with Gasteiger partial charge < -0.3 is 4.74 Å². The Balaban J connectivity index is 2.19. The Morgan fingerprint density at radius 1 is 1.89 bits per heavy atom. The third-order valence-corrected chi connectivity index (χ3v) is 1.11. The molecule has 1 saturated heterocycles. The van der Waals surface area contributed by atoms with Gasteiger partial charge in [0.1, 0.15) is 0 Å². The first-order valence-electron chi connectivity index (χ1n) is 2.76. The van der Waals surface area contributed by atoms with E-state index in [4.69, 9.17) is 4.74 Å². The van der Waals surface area contributed by atoms with Crippen LogP contribution in [0, 0.1) is 10.1 Å². The number of hydrogen-bond donors (Lipinski definition) is 1. The maximum atomic E-state index is 9.84. The molecule has 1 atom stereocenters. The summed E-state index contributed by atoms with van der Waals surface area (Å²) in [4.78, 5) is 9.45. The van der Waals surface area contributed by atoms with E-state index in [1.54, 1.807) is 0 Å². The quantitative estimate of drug-likeness (QED) is 0.395. The summed E-state index contributed by atoms with van der Waals surface area (Å²) in [6, 6.07) is 0. The van der Waals surface area contributed by atoms with Crippen LogP contribution >= 0.6 is 0 Å². The number of ether oxygens (including phenoxy) is 1. The van der Waals surface area contributed by atoms with Crippen molar-refractivity contribution in [2.45, 2.75) is 6.23 Å². The van der Waals surface area contributed by atoms with Gasteiger partial charge in [0, 0.05) is 11.5 Å². The van der Waals surface area contributed by atoms with Crippen molar-refractivity contribution in [3.63, 3.8) is 0 Å². The van der Waals surface area contributed by atoms with E-state index < -0.39 is 0 Å². The average Bonchev–Trinajstić information content (AvgIpc) is 2.15. The summed E-state index contributed by atoms with van der Waals surface area (Å²) in [5, 5.41) is 12.7. The Bertz CT molecular complexity index is 110. The van der Waals surface area contributed by atoms with Crippen LogP contribution in [0.2, 0.25) is 0 Å². The highest BCUT2D eigenvalue weighted by Gasteiger charge is 2.19. The average molecular weight is 132 g/mol. The standard InChI is InChI=1S/C4H8N2O3/c7-6(8)3-4-5-1-2-9-4/h4-5H,1-3H2. The van der Waals surface area contributed by atoms with Gasteiger partial charge in [-0.2, -0.15) is 0 Å². The molecule has 5 nitrogen and oxygen atoms in total. The van der Waals surface area contributed by atoms with Crippen molar-refractivity contribution in [2.75, 3.05) is 19.7 Å². The first-order valence-corrected chi connectivity index (χ1v) is 2.76. The zero-order chi connectivity index (χ0) is 6.69. The molecule has 52 valence electrons. The van der Waals surface area contributed by atoms with Crippen LogP contribution in [0.3, 0.4) is 0 Å². The molecule has 9 heavy (non-hydrogen) atoms. The summed E-state index contributed by atoms with van der Waals surface area (Å²) < 4.78 is 4.91. The van der Waals surface area contributed by atoms with Crippen molar-refractivity contribution in [2.24, 2.45) is 0 Å². The van der Waals surface area contributed by atoms with E-state index >= 15 is 0 Å². The monoisotopic (exact) mass is 132 g/mol. The van der Waals surface area contributed by atoms with Crippen molar-refractivity contribution < 1.29 is 9.66 Å². The number of hydrogen-bond acceptors (Lipinski definition) is 4. The summed E-state index contributed by atoms with van der Waals surface area (Å²) in [6.45, 7) is 1.16. The fourth-order valence-electron chi connectivity index (χ4n) is 0.733. The summed E-state index contributed by atoms with van der Waals surface area (Å²) in [5.41, 5.74) is 0. The highest BCUT2D eigenvalue weighted by molar-refractivity contribution is 4.60. The Kier molecular flexibility index (Phi) is 1.96. The lowest BCUT2D eigenvalue weighted by Gasteiger charge is -2.01. The van der Waals surface area contributed by atoms with Crippen molar-refractivity contribution >= 4 is 0 Å². The van der Waals surface area contributed by atoms with Crippen LogP contribution < -0.4 is 5.32 Å². The van der Waals surface area contributed by atoms with Gasteiger partial charge >= 0.3 is 0 Å². The van der Waals surface area contributed by atoms with Crippen molar-refractivity contribution in [1.29, 1.82) is 0 Å². The zero-order valence-electron chi connectivity index (χ0n) is 4.87. The molecule has 0 aromatic rings. The highest BCUT2D eigenvalue weighted by Crippen LogP contribution is 1.93. The number of nitrogens with one attached hydrogen (secondary N) is 1. The molecular weight excluding hydrogens is 124 g/mol. The van der Waals surface area contributed by atoms with E-state index in [0.717, 1.165) is 6.54 Å². The number of nitrogens with zero attached hydrogens (tertiary/aromatic N) is 1. The van der Waals surface area contributed by atoms with Gasteiger partial charge in [0.2, 0.25) is 6.54 Å². The molecule has 0 bridgehead atoms. The Labute approximate surface area is 52.1 Å². The first-order chi connectivity index (χ1) is 4.29. The van der Waals surface area contributed by atoms with E-state index in [2.05, 4.69) is 5.32 Å². The predicted octanol–water partition coefficient (Wildman–Crippen LogP) is -0.791. The van der Waals surface area contributed by atoms with Gasteiger partial charge in [0.05, 0.1) is 6.61 Å². The molecule has 1 rings (SSSR count). The molecule has 1 N–H and O–H groups in total. The molecule has 1 aliphatic heterocycles. The Hall–Kier alpha value is -0.680. The molecule has 0 aromatic heterocycles. The molecule has 1 unspecified atom stereocenters. The minimum atomic E-state index is -0.386. The van der Waals surface area contributed by atoms with Gasteiger partial charge in [0.15, 0.2) is 6.23 Å². The molecule has 0 radical (unpaired) electrons. The molecule has 0 aromatic carbocycles. The lowest BCUT2D eigenvalue weighted by atomic mass is 10.6. The van der Waals surface area contributed by atoms with Gasteiger partial charge in [-0.3, -0.25) is 15.4 Å². The maximum Gasteiger partial charge on any atom is 0.242 e. The van der Waals surface area contributed by atoms with Gasteiger partial charge in [-0.15, -0.1) is 0 Å². The van der Waals surface area contributed by atoms with Crippen LogP contribution in [-0.4, -0.2) is 30.8 Å². The predicted molar refractivity (Wildman–Crippen MR) is 29.6 cm³/mol. The van der Waals surface area contributed by atoms with Crippen LogP contribution in [0.25, 0.3) is 0 Å². The molecule has 1 heterocycles. The molecule has 0 saturated carbocycles. The molecule has 0 amide bonds. The maximum absolute atomic E-state index is 9.84. The van der Waals surface area contributed by atoms with E-state index in [0.29, 0.717) is 6.61 Å².